The molecular weight excluding hydrogens is 339 g/mol. The van der Waals surface area contributed by atoms with Crippen LogP contribution < -0.4 is 33.3 Å². The molecule has 0 spiro atoms. The van der Waals surface area contributed by atoms with E-state index in [9.17, 15) is 0 Å². The van der Waals surface area contributed by atoms with Gasteiger partial charge in [0.2, 0.25) is 0 Å². The minimum Gasteiger partial charge on any atom is -1.00 e. The van der Waals surface area contributed by atoms with Crippen LogP contribution in [0.25, 0.3) is 11.4 Å². The largest absolute Gasteiger partial charge is 1.00 e. The van der Waals surface area contributed by atoms with E-state index in [4.69, 9.17) is 4.74 Å². The summed E-state index contributed by atoms with van der Waals surface area (Å²) in [4.78, 5) is 3.29. The highest BCUT2D eigenvalue weighted by Gasteiger charge is 2.12. The number of unbranched alkanes of at least 4 members (excludes halogenated alkanes) is 1. The first-order chi connectivity index (χ1) is 8.35. The van der Waals surface area contributed by atoms with Crippen molar-refractivity contribution in [2.45, 2.75) is 26.3 Å². The van der Waals surface area contributed by atoms with E-state index in [1.807, 2.05) is 18.3 Å². The maximum atomic E-state index is 5.16. The summed E-state index contributed by atoms with van der Waals surface area (Å²) in [5, 5.41) is 0. The number of hydrogen-bond acceptors (Lipinski definition) is 1. The number of H-pyrrole nitrogens is 1. The highest BCUT2D eigenvalue weighted by Crippen LogP contribution is 2.18. The molecule has 4 heteroatoms. The van der Waals surface area contributed by atoms with Gasteiger partial charge in [-0.3, -0.25) is 0 Å². The van der Waals surface area contributed by atoms with Gasteiger partial charge in [-0.1, -0.05) is 13.3 Å². The van der Waals surface area contributed by atoms with Gasteiger partial charge in [-0.25, -0.2) is 9.55 Å². The van der Waals surface area contributed by atoms with Crippen LogP contribution >= 0.6 is 0 Å². The predicted molar refractivity (Wildman–Crippen MR) is 67.9 cm³/mol. The third kappa shape index (κ3) is 3.48. The van der Waals surface area contributed by atoms with Crippen LogP contribution in [0, 0.1) is 0 Å². The molecule has 1 aromatic carbocycles. The molecule has 2 aromatic rings. The maximum absolute atomic E-state index is 5.16. The van der Waals surface area contributed by atoms with Crippen molar-refractivity contribution in [3.05, 3.63) is 36.7 Å². The fourth-order valence-electron chi connectivity index (χ4n) is 1.88. The summed E-state index contributed by atoms with van der Waals surface area (Å²) in [6.07, 6.45) is 6.48. The summed E-state index contributed by atoms with van der Waals surface area (Å²) in [5.74, 6) is 2.04. The molecular formula is C14H19IN2O. The average molecular weight is 358 g/mol. The number of halogens is 1. The first-order valence-corrected chi connectivity index (χ1v) is 6.06. The Bertz CT molecular complexity index is 465. The van der Waals surface area contributed by atoms with Crippen LogP contribution in [0.5, 0.6) is 5.75 Å². The average Bonchev–Trinajstić information content (AvgIpc) is 2.84. The fourth-order valence-corrected chi connectivity index (χ4v) is 1.88. The molecule has 0 atom stereocenters. The number of nitrogens with one attached hydrogen (secondary N) is 1. The van der Waals surface area contributed by atoms with Gasteiger partial charge in [0.05, 0.1) is 19.2 Å². The zero-order chi connectivity index (χ0) is 12.1. The SMILES string of the molecule is CCCC[n+]1cc[nH]c1-c1ccc(OC)cc1.[I-]. The van der Waals surface area contributed by atoms with Crippen LogP contribution in [0.2, 0.25) is 0 Å². The van der Waals surface area contributed by atoms with Crippen LogP contribution in [0.15, 0.2) is 36.7 Å². The zero-order valence-electron chi connectivity index (χ0n) is 10.8. The van der Waals surface area contributed by atoms with E-state index in [0.717, 1.165) is 18.1 Å². The summed E-state index contributed by atoms with van der Waals surface area (Å²) in [6, 6.07) is 8.13. The monoisotopic (exact) mass is 358 g/mol. The van der Waals surface area contributed by atoms with Crippen molar-refractivity contribution in [3.63, 3.8) is 0 Å². The lowest BCUT2D eigenvalue weighted by Crippen LogP contribution is -3.00. The summed E-state index contributed by atoms with van der Waals surface area (Å²) in [5.41, 5.74) is 1.19. The molecule has 0 bridgehead atoms. The molecule has 0 aliphatic heterocycles. The van der Waals surface area contributed by atoms with Gasteiger partial charge >= 0.3 is 0 Å². The standard InChI is InChI=1S/C14H18N2O.HI/c1-3-4-10-16-11-9-15-14(16)12-5-7-13(17-2)8-6-12;/h5-9,11H,3-4,10H2,1-2H3;1H. The molecule has 0 aliphatic rings. The van der Waals surface area contributed by atoms with Crippen LogP contribution in [-0.4, -0.2) is 12.1 Å². The fraction of sp³-hybridized carbons (Fsp3) is 0.357. The molecule has 1 N–H and O–H groups in total. The summed E-state index contributed by atoms with van der Waals surface area (Å²) in [7, 11) is 1.69. The van der Waals surface area contributed by atoms with Crippen molar-refractivity contribution in [2.24, 2.45) is 0 Å². The Morgan fingerprint density at radius 3 is 2.56 bits per heavy atom. The Kier molecular flexibility index (Phi) is 6.18. The van der Waals surface area contributed by atoms with Gasteiger partial charge < -0.3 is 28.7 Å². The number of aromatic nitrogens is 2. The molecule has 0 saturated heterocycles. The van der Waals surface area contributed by atoms with Gasteiger partial charge in [-0.15, -0.1) is 0 Å². The molecule has 0 fully saturated rings. The second kappa shape index (κ2) is 7.41. The maximum Gasteiger partial charge on any atom is 0.286 e. The lowest BCUT2D eigenvalue weighted by Gasteiger charge is -2.02. The van der Waals surface area contributed by atoms with Crippen LogP contribution in [-0.2, 0) is 6.54 Å². The van der Waals surface area contributed by atoms with Gasteiger partial charge in [-0.2, -0.15) is 0 Å². The normalized spacial score (nSPS) is 9.89. The van der Waals surface area contributed by atoms with Gasteiger partial charge in [0.15, 0.2) is 0 Å². The minimum absolute atomic E-state index is 0. The first-order valence-electron chi connectivity index (χ1n) is 6.06. The van der Waals surface area contributed by atoms with Crippen molar-refractivity contribution in [3.8, 4) is 17.1 Å². The van der Waals surface area contributed by atoms with E-state index >= 15 is 0 Å². The predicted octanol–water partition coefficient (Wildman–Crippen LogP) is -0.218. The first kappa shape index (κ1) is 15.0. The number of aryl methyl sites for hydroxylation is 1. The molecule has 1 heterocycles. The zero-order valence-corrected chi connectivity index (χ0v) is 13.0. The number of methoxy groups -OCH3 is 1. The summed E-state index contributed by atoms with van der Waals surface area (Å²) < 4.78 is 7.42. The molecule has 0 saturated carbocycles. The minimum atomic E-state index is 0. The van der Waals surface area contributed by atoms with Crippen molar-refractivity contribution < 1.29 is 33.3 Å². The van der Waals surface area contributed by atoms with Crippen LogP contribution in [0.4, 0.5) is 0 Å². The lowest BCUT2D eigenvalue weighted by molar-refractivity contribution is -0.685. The molecule has 0 aliphatic carbocycles. The summed E-state index contributed by atoms with van der Waals surface area (Å²) in [6.45, 7) is 3.27. The number of nitrogens with zero attached hydrogens (tertiary/aromatic N) is 1. The Morgan fingerprint density at radius 2 is 1.94 bits per heavy atom. The number of ether oxygens (including phenoxy) is 1. The third-order valence-corrected chi connectivity index (χ3v) is 2.88. The number of aromatic amines is 1. The smallest absolute Gasteiger partial charge is 0.286 e. The number of imidazole rings is 1. The number of hydrogen-bond donors (Lipinski definition) is 1. The van der Waals surface area contributed by atoms with Crippen LogP contribution in [0.3, 0.4) is 0 Å². The second-order valence-electron chi connectivity index (χ2n) is 4.08. The molecule has 98 valence electrons. The van der Waals surface area contributed by atoms with E-state index < -0.39 is 0 Å². The second-order valence-corrected chi connectivity index (χ2v) is 4.08. The van der Waals surface area contributed by atoms with E-state index in [-0.39, 0.29) is 24.0 Å². The Hall–Kier alpha value is -1.04. The Balaban J connectivity index is 0.00000162. The quantitative estimate of drug-likeness (QED) is 0.581. The van der Waals surface area contributed by atoms with Gasteiger partial charge in [0.25, 0.3) is 5.82 Å². The van der Waals surface area contributed by atoms with Gasteiger partial charge in [0, 0.05) is 0 Å². The van der Waals surface area contributed by atoms with E-state index in [1.165, 1.54) is 18.4 Å². The van der Waals surface area contributed by atoms with Gasteiger partial charge in [0.1, 0.15) is 18.1 Å². The highest BCUT2D eigenvalue weighted by molar-refractivity contribution is 5.53. The Morgan fingerprint density at radius 1 is 1.22 bits per heavy atom. The van der Waals surface area contributed by atoms with Crippen molar-refractivity contribution in [1.29, 1.82) is 0 Å². The van der Waals surface area contributed by atoms with E-state index in [1.54, 1.807) is 7.11 Å². The molecule has 1 aromatic heterocycles. The van der Waals surface area contributed by atoms with Gasteiger partial charge in [-0.05, 0) is 30.7 Å². The third-order valence-electron chi connectivity index (χ3n) is 2.88. The van der Waals surface area contributed by atoms with E-state index in [2.05, 4.69) is 34.8 Å². The summed E-state index contributed by atoms with van der Waals surface area (Å²) >= 11 is 0. The van der Waals surface area contributed by atoms with Crippen molar-refractivity contribution >= 4 is 0 Å². The van der Waals surface area contributed by atoms with Crippen LogP contribution in [0.1, 0.15) is 19.8 Å². The lowest BCUT2D eigenvalue weighted by atomic mass is 10.2. The molecule has 3 nitrogen and oxygen atoms in total. The Labute approximate surface area is 125 Å². The topological polar surface area (TPSA) is 28.9 Å². The number of rotatable bonds is 5. The molecule has 18 heavy (non-hydrogen) atoms. The molecule has 0 amide bonds. The van der Waals surface area contributed by atoms with Crippen molar-refractivity contribution in [2.75, 3.05) is 7.11 Å². The highest BCUT2D eigenvalue weighted by atomic mass is 127. The van der Waals surface area contributed by atoms with Crippen molar-refractivity contribution in [1.82, 2.24) is 4.98 Å². The molecule has 2 rings (SSSR count). The van der Waals surface area contributed by atoms with E-state index in [0.29, 0.717) is 0 Å². The molecule has 0 unspecified atom stereocenters. The number of benzene rings is 1. The molecule has 0 radical (unpaired) electrons.